The van der Waals surface area contributed by atoms with Gasteiger partial charge in [-0.25, -0.2) is 4.79 Å². The lowest BCUT2D eigenvalue weighted by Gasteiger charge is -2.22. The molecule has 0 aromatic heterocycles. The van der Waals surface area contributed by atoms with Crippen LogP contribution in [0.3, 0.4) is 0 Å². The Balaban J connectivity index is 2.63. The summed E-state index contributed by atoms with van der Waals surface area (Å²) in [5.41, 5.74) is 0.299. The van der Waals surface area contributed by atoms with Crippen molar-refractivity contribution in [2.24, 2.45) is 5.92 Å². The molecule has 0 saturated heterocycles. The number of carboxylic acid groups (broad SMARTS) is 1. The second-order valence-electron chi connectivity index (χ2n) is 2.95. The van der Waals surface area contributed by atoms with Gasteiger partial charge in [-0.3, -0.25) is 4.79 Å². The van der Waals surface area contributed by atoms with Crippen LogP contribution in [-0.2, 0) is 9.59 Å². The molecule has 1 aliphatic carbocycles. The molecule has 4 nitrogen and oxygen atoms in total. The van der Waals surface area contributed by atoms with Crippen molar-refractivity contribution in [3.8, 4) is 0 Å². The highest BCUT2D eigenvalue weighted by molar-refractivity contribution is 5.71. The van der Waals surface area contributed by atoms with Crippen molar-refractivity contribution in [2.45, 2.75) is 25.4 Å². The minimum Gasteiger partial charge on any atom is -0.481 e. The van der Waals surface area contributed by atoms with Crippen LogP contribution in [0, 0.1) is 5.92 Å². The summed E-state index contributed by atoms with van der Waals surface area (Å²) >= 11 is 0. The molecule has 1 rings (SSSR count). The second-order valence-corrected chi connectivity index (χ2v) is 2.95. The third-order valence-corrected chi connectivity index (χ3v) is 2.15. The van der Waals surface area contributed by atoms with Gasteiger partial charge in [0.05, 0.1) is 12.0 Å². The Morgan fingerprint density at radius 1 is 1.58 bits per heavy atom. The molecule has 0 amide bonds. The van der Waals surface area contributed by atoms with Crippen LogP contribution in [0.5, 0.6) is 0 Å². The average molecular weight is 170 g/mol. The highest BCUT2D eigenvalue weighted by Gasteiger charge is 2.29. The molecule has 4 heteroatoms. The fraction of sp³-hybridized carbons (Fsp3) is 0.625. The molecule has 0 spiro atoms. The van der Waals surface area contributed by atoms with E-state index in [0.29, 0.717) is 18.4 Å². The molecule has 66 valence electrons. The highest BCUT2D eigenvalue weighted by atomic mass is 16.4. The molecular weight excluding hydrogens is 160 g/mol. The van der Waals surface area contributed by atoms with E-state index in [1.807, 2.05) is 0 Å². The Kier molecular flexibility index (Phi) is 2.63. The normalized spacial score (nSPS) is 29.6. The Labute approximate surface area is 69.5 Å². The monoisotopic (exact) mass is 170 g/mol. The van der Waals surface area contributed by atoms with Gasteiger partial charge in [0.25, 0.3) is 0 Å². The van der Waals surface area contributed by atoms with E-state index in [9.17, 15) is 14.7 Å². The molecule has 1 fully saturated rings. The average Bonchev–Trinajstić information content (AvgIpc) is 2.04. The van der Waals surface area contributed by atoms with Crippen LogP contribution in [0.25, 0.3) is 0 Å². The van der Waals surface area contributed by atoms with Crippen molar-refractivity contribution < 1.29 is 19.8 Å². The van der Waals surface area contributed by atoms with Crippen LogP contribution in [0.1, 0.15) is 19.3 Å². The summed E-state index contributed by atoms with van der Waals surface area (Å²) in [6.45, 7) is 0. The molecule has 2 unspecified atom stereocenters. The first-order valence-electron chi connectivity index (χ1n) is 3.80. The Hall–Kier alpha value is -1.12. The summed E-state index contributed by atoms with van der Waals surface area (Å²) < 4.78 is 0. The Morgan fingerprint density at radius 2 is 2.25 bits per heavy atom. The maximum atomic E-state index is 10.5. The van der Waals surface area contributed by atoms with Crippen LogP contribution in [0.15, 0.2) is 5.57 Å². The van der Waals surface area contributed by atoms with Gasteiger partial charge >= 0.3 is 5.97 Å². The molecular formula is C8H10O4. The van der Waals surface area contributed by atoms with Crippen LogP contribution >= 0.6 is 0 Å². The van der Waals surface area contributed by atoms with Crippen molar-refractivity contribution >= 4 is 11.9 Å². The van der Waals surface area contributed by atoms with Crippen LogP contribution < -0.4 is 0 Å². The van der Waals surface area contributed by atoms with Gasteiger partial charge in [-0.2, -0.15) is 0 Å². The Morgan fingerprint density at radius 3 is 2.67 bits per heavy atom. The first-order valence-corrected chi connectivity index (χ1v) is 3.80. The van der Waals surface area contributed by atoms with E-state index in [0.717, 1.165) is 0 Å². The summed E-state index contributed by atoms with van der Waals surface area (Å²) in [6, 6.07) is 0. The van der Waals surface area contributed by atoms with Gasteiger partial charge in [-0.05, 0) is 19.3 Å². The number of hydrogen-bond donors (Lipinski definition) is 2. The van der Waals surface area contributed by atoms with E-state index >= 15 is 0 Å². The zero-order valence-corrected chi connectivity index (χ0v) is 6.49. The van der Waals surface area contributed by atoms with Crippen LogP contribution in [-0.4, -0.2) is 28.2 Å². The molecule has 2 atom stereocenters. The minimum atomic E-state index is -0.905. The van der Waals surface area contributed by atoms with E-state index in [-0.39, 0.29) is 6.42 Å². The second kappa shape index (κ2) is 3.52. The van der Waals surface area contributed by atoms with Crippen LogP contribution in [0.4, 0.5) is 0 Å². The van der Waals surface area contributed by atoms with E-state index in [1.54, 1.807) is 5.94 Å². The number of carboxylic acids is 1. The van der Waals surface area contributed by atoms with Gasteiger partial charge in [0, 0.05) is 5.57 Å². The maximum Gasteiger partial charge on any atom is 0.306 e. The van der Waals surface area contributed by atoms with Crippen molar-refractivity contribution in [1.29, 1.82) is 0 Å². The van der Waals surface area contributed by atoms with E-state index in [2.05, 4.69) is 0 Å². The number of carbonyl (C=O) groups excluding carboxylic acids is 1. The fourth-order valence-corrected chi connectivity index (χ4v) is 1.37. The van der Waals surface area contributed by atoms with Gasteiger partial charge < -0.3 is 10.2 Å². The highest BCUT2D eigenvalue weighted by Crippen LogP contribution is 2.26. The SMILES string of the molecule is O=C=C1CCC(C(=O)O)CC1O. The number of aliphatic hydroxyl groups is 1. The molecule has 1 saturated carbocycles. The number of carbonyl (C=O) groups is 1. The molecule has 0 aromatic rings. The predicted molar refractivity (Wildman–Crippen MR) is 40.2 cm³/mol. The smallest absolute Gasteiger partial charge is 0.306 e. The standard InChI is InChI=1S/C8H10O4/c9-4-6-2-1-5(8(11)12)3-7(6)10/h5,7,10H,1-3H2,(H,11,12). The lowest BCUT2D eigenvalue weighted by Crippen LogP contribution is -2.27. The molecule has 2 N–H and O–H groups in total. The van der Waals surface area contributed by atoms with Crippen molar-refractivity contribution in [3.63, 3.8) is 0 Å². The number of hydrogen-bond acceptors (Lipinski definition) is 3. The van der Waals surface area contributed by atoms with Gasteiger partial charge in [0.15, 0.2) is 0 Å². The zero-order valence-electron chi connectivity index (χ0n) is 6.49. The number of rotatable bonds is 1. The van der Waals surface area contributed by atoms with Crippen molar-refractivity contribution in [1.82, 2.24) is 0 Å². The van der Waals surface area contributed by atoms with Gasteiger partial charge in [0.1, 0.15) is 5.94 Å². The summed E-state index contributed by atoms with van der Waals surface area (Å²) in [4.78, 5) is 20.7. The van der Waals surface area contributed by atoms with E-state index < -0.39 is 18.0 Å². The largest absolute Gasteiger partial charge is 0.481 e. The summed E-state index contributed by atoms with van der Waals surface area (Å²) in [7, 11) is 0. The van der Waals surface area contributed by atoms with E-state index in [1.165, 1.54) is 0 Å². The molecule has 0 bridgehead atoms. The lowest BCUT2D eigenvalue weighted by atomic mass is 9.84. The van der Waals surface area contributed by atoms with Gasteiger partial charge in [-0.15, -0.1) is 0 Å². The lowest BCUT2D eigenvalue weighted by molar-refractivity contribution is -0.143. The third-order valence-electron chi connectivity index (χ3n) is 2.15. The molecule has 0 aliphatic heterocycles. The quantitative estimate of drug-likeness (QED) is 0.543. The number of aliphatic hydroxyl groups excluding tert-OH is 1. The van der Waals surface area contributed by atoms with Gasteiger partial charge in [-0.1, -0.05) is 0 Å². The topological polar surface area (TPSA) is 74.6 Å². The minimum absolute atomic E-state index is 0.139. The van der Waals surface area contributed by atoms with Gasteiger partial charge in [0.2, 0.25) is 0 Å². The summed E-state index contributed by atoms with van der Waals surface area (Å²) in [6.07, 6.45) is 0.00995. The summed E-state index contributed by atoms with van der Waals surface area (Å²) in [5, 5.41) is 17.8. The molecule has 0 heterocycles. The molecule has 1 aliphatic rings. The number of aliphatic carboxylic acids is 1. The predicted octanol–water partition coefficient (Wildman–Crippen LogP) is -0.0100. The summed E-state index contributed by atoms with van der Waals surface area (Å²) in [5.74, 6) is 0.217. The molecule has 0 aromatic carbocycles. The van der Waals surface area contributed by atoms with E-state index in [4.69, 9.17) is 5.11 Å². The molecule has 12 heavy (non-hydrogen) atoms. The zero-order chi connectivity index (χ0) is 9.14. The van der Waals surface area contributed by atoms with Crippen LogP contribution in [0.2, 0.25) is 0 Å². The Bertz CT molecular complexity index is 239. The van der Waals surface area contributed by atoms with Crippen molar-refractivity contribution in [2.75, 3.05) is 0 Å². The van der Waals surface area contributed by atoms with Crippen molar-refractivity contribution in [3.05, 3.63) is 5.57 Å². The fourth-order valence-electron chi connectivity index (χ4n) is 1.37. The first kappa shape index (κ1) is 8.97. The first-order chi connectivity index (χ1) is 5.65. The molecule has 0 radical (unpaired) electrons. The third kappa shape index (κ3) is 1.72. The maximum absolute atomic E-state index is 10.5.